The predicted molar refractivity (Wildman–Crippen MR) is 108 cm³/mol. The SMILES string of the molecule is C[C@]12CC[C@H](O)CC1=CC[C@@H]1[C@@H]2CC[C@]2(C)C(c3csc(N)n3)=CC[C@@H]12. The van der Waals surface area contributed by atoms with Gasteiger partial charge < -0.3 is 10.8 Å². The highest BCUT2D eigenvalue weighted by Gasteiger charge is 2.56. The molecule has 0 aliphatic heterocycles. The summed E-state index contributed by atoms with van der Waals surface area (Å²) in [5, 5.41) is 13.0. The third kappa shape index (κ3) is 2.24. The highest BCUT2D eigenvalue weighted by atomic mass is 32.1. The van der Waals surface area contributed by atoms with E-state index in [1.54, 1.807) is 16.9 Å². The van der Waals surface area contributed by atoms with E-state index in [0.29, 0.717) is 10.5 Å². The molecule has 4 heteroatoms. The van der Waals surface area contributed by atoms with Crippen LogP contribution in [0.4, 0.5) is 5.13 Å². The molecule has 0 radical (unpaired) electrons. The molecule has 0 bridgehead atoms. The number of aliphatic hydroxyl groups excluding tert-OH is 1. The van der Waals surface area contributed by atoms with Gasteiger partial charge in [-0.2, -0.15) is 0 Å². The second-order valence-electron chi connectivity index (χ2n) is 9.54. The monoisotopic (exact) mass is 370 g/mol. The van der Waals surface area contributed by atoms with Gasteiger partial charge in [-0.05, 0) is 79.1 Å². The standard InChI is InChI=1S/C22H30N2OS/c1-21-9-7-14(25)11-13(21)3-4-15-16-5-6-18(19-12-26-20(23)24-19)22(16,2)10-8-17(15)21/h3,6,12,14-17,25H,4-5,7-11H2,1-2H3,(H2,23,24)/t14-,15-,16-,17-,21-,22-/m0/s1. The number of nitrogens with zero attached hydrogens (tertiary/aromatic N) is 1. The smallest absolute Gasteiger partial charge is 0.180 e. The molecular formula is C22H30N2OS. The number of nitrogens with two attached hydrogens (primary N) is 1. The summed E-state index contributed by atoms with van der Waals surface area (Å²) in [6.07, 6.45) is 12.8. The van der Waals surface area contributed by atoms with E-state index >= 15 is 0 Å². The first-order valence-electron chi connectivity index (χ1n) is 10.2. The Balaban J connectivity index is 1.47. The zero-order valence-corrected chi connectivity index (χ0v) is 16.7. The van der Waals surface area contributed by atoms with Crippen LogP contribution in [0.25, 0.3) is 5.57 Å². The van der Waals surface area contributed by atoms with Gasteiger partial charge >= 0.3 is 0 Å². The number of aromatic nitrogens is 1. The second kappa shape index (κ2) is 5.68. The van der Waals surface area contributed by atoms with Gasteiger partial charge in [0.05, 0.1) is 11.8 Å². The molecule has 4 aliphatic carbocycles. The number of allylic oxidation sites excluding steroid dienone is 3. The Labute approximate surface area is 160 Å². The van der Waals surface area contributed by atoms with E-state index in [1.165, 1.54) is 31.3 Å². The first kappa shape index (κ1) is 17.0. The average molecular weight is 371 g/mol. The molecule has 0 saturated heterocycles. The minimum absolute atomic E-state index is 0.116. The van der Waals surface area contributed by atoms with Gasteiger partial charge in [-0.25, -0.2) is 4.98 Å². The maximum atomic E-state index is 10.1. The van der Waals surface area contributed by atoms with Crippen LogP contribution in [0.1, 0.15) is 64.5 Å². The summed E-state index contributed by atoms with van der Waals surface area (Å²) in [5.74, 6) is 2.27. The highest BCUT2D eigenvalue weighted by Crippen LogP contribution is 2.66. The van der Waals surface area contributed by atoms with E-state index in [2.05, 4.69) is 36.4 Å². The molecule has 140 valence electrons. The van der Waals surface area contributed by atoms with Crippen LogP contribution in [-0.4, -0.2) is 16.2 Å². The van der Waals surface area contributed by atoms with Crippen molar-refractivity contribution in [3.05, 3.63) is 28.8 Å². The fraction of sp³-hybridized carbons (Fsp3) is 0.682. The minimum atomic E-state index is -0.116. The van der Waals surface area contributed by atoms with Crippen LogP contribution in [-0.2, 0) is 0 Å². The Morgan fingerprint density at radius 3 is 2.69 bits per heavy atom. The minimum Gasteiger partial charge on any atom is -0.393 e. The number of anilines is 1. The lowest BCUT2D eigenvalue weighted by Crippen LogP contribution is -2.49. The van der Waals surface area contributed by atoms with Crippen LogP contribution < -0.4 is 5.73 Å². The Morgan fingerprint density at radius 2 is 1.92 bits per heavy atom. The maximum absolute atomic E-state index is 10.1. The Hall–Kier alpha value is -1.13. The van der Waals surface area contributed by atoms with Crippen LogP contribution in [0.5, 0.6) is 0 Å². The summed E-state index contributed by atoms with van der Waals surface area (Å²) < 4.78 is 0. The summed E-state index contributed by atoms with van der Waals surface area (Å²) in [6.45, 7) is 4.98. The molecule has 1 heterocycles. The number of thiazole rings is 1. The summed E-state index contributed by atoms with van der Waals surface area (Å²) in [7, 11) is 0. The van der Waals surface area contributed by atoms with Gasteiger partial charge in [0, 0.05) is 5.38 Å². The quantitative estimate of drug-likeness (QED) is 0.681. The summed E-state index contributed by atoms with van der Waals surface area (Å²) in [5.41, 5.74) is 10.6. The van der Waals surface area contributed by atoms with Crippen molar-refractivity contribution in [3.8, 4) is 0 Å². The van der Waals surface area contributed by atoms with Crippen molar-refractivity contribution < 1.29 is 5.11 Å². The number of fused-ring (bicyclic) bond motifs is 5. The van der Waals surface area contributed by atoms with Crippen LogP contribution in [0, 0.1) is 28.6 Å². The van der Waals surface area contributed by atoms with E-state index in [-0.39, 0.29) is 11.5 Å². The average Bonchev–Trinajstić information content (AvgIpc) is 3.18. The van der Waals surface area contributed by atoms with E-state index in [4.69, 9.17) is 5.73 Å². The van der Waals surface area contributed by atoms with E-state index < -0.39 is 0 Å². The van der Waals surface area contributed by atoms with E-state index in [0.717, 1.165) is 42.7 Å². The molecule has 3 N–H and O–H groups in total. The van der Waals surface area contributed by atoms with E-state index in [9.17, 15) is 5.11 Å². The van der Waals surface area contributed by atoms with Crippen LogP contribution in [0.2, 0.25) is 0 Å². The Bertz CT molecular complexity index is 796. The second-order valence-corrected chi connectivity index (χ2v) is 10.4. The maximum Gasteiger partial charge on any atom is 0.180 e. The highest BCUT2D eigenvalue weighted by molar-refractivity contribution is 7.13. The fourth-order valence-corrected chi connectivity index (χ4v) is 7.58. The van der Waals surface area contributed by atoms with Gasteiger partial charge in [0.25, 0.3) is 0 Å². The van der Waals surface area contributed by atoms with Crippen molar-refractivity contribution in [2.45, 2.75) is 64.9 Å². The van der Waals surface area contributed by atoms with Crippen molar-refractivity contribution in [1.82, 2.24) is 4.98 Å². The van der Waals surface area contributed by atoms with Gasteiger partial charge in [0.2, 0.25) is 0 Å². The zero-order valence-electron chi connectivity index (χ0n) is 15.9. The molecule has 0 unspecified atom stereocenters. The lowest BCUT2D eigenvalue weighted by molar-refractivity contribution is -0.0238. The Morgan fingerprint density at radius 1 is 1.12 bits per heavy atom. The van der Waals surface area contributed by atoms with Crippen LogP contribution in [0.3, 0.4) is 0 Å². The molecule has 1 aromatic rings. The molecule has 4 aliphatic rings. The molecule has 0 amide bonds. The van der Waals surface area contributed by atoms with E-state index in [1.807, 2.05) is 0 Å². The first-order chi connectivity index (χ1) is 12.4. The van der Waals surface area contributed by atoms with Gasteiger partial charge in [-0.3, -0.25) is 0 Å². The van der Waals surface area contributed by atoms with Gasteiger partial charge in [0.15, 0.2) is 5.13 Å². The number of nitrogen functional groups attached to an aromatic ring is 1. The van der Waals surface area contributed by atoms with Gasteiger partial charge in [0.1, 0.15) is 0 Å². The zero-order chi connectivity index (χ0) is 18.1. The van der Waals surface area contributed by atoms with Gasteiger partial charge in [-0.15, -0.1) is 11.3 Å². The van der Waals surface area contributed by atoms with Crippen molar-refractivity contribution in [1.29, 1.82) is 0 Å². The van der Waals surface area contributed by atoms with Crippen molar-refractivity contribution >= 4 is 22.0 Å². The number of hydrogen-bond donors (Lipinski definition) is 2. The topological polar surface area (TPSA) is 59.1 Å². The number of hydrogen-bond acceptors (Lipinski definition) is 4. The molecule has 0 aromatic carbocycles. The third-order valence-electron chi connectivity index (χ3n) is 8.46. The number of rotatable bonds is 1. The lowest BCUT2D eigenvalue weighted by Gasteiger charge is -2.57. The molecule has 0 spiro atoms. The van der Waals surface area contributed by atoms with Crippen LogP contribution in [0.15, 0.2) is 23.1 Å². The summed E-state index contributed by atoms with van der Waals surface area (Å²) in [4.78, 5) is 4.61. The molecule has 6 atom stereocenters. The predicted octanol–water partition coefficient (Wildman–Crippen LogP) is 5.04. The molecule has 2 saturated carbocycles. The molecular weight excluding hydrogens is 340 g/mol. The molecule has 1 aromatic heterocycles. The largest absolute Gasteiger partial charge is 0.393 e. The Kier molecular flexibility index (Phi) is 3.72. The third-order valence-corrected chi connectivity index (χ3v) is 9.13. The summed E-state index contributed by atoms with van der Waals surface area (Å²) in [6, 6.07) is 0. The number of aliphatic hydroxyl groups is 1. The molecule has 3 nitrogen and oxygen atoms in total. The molecule has 2 fully saturated rings. The lowest BCUT2D eigenvalue weighted by atomic mass is 9.47. The normalized spacial score (nSPS) is 44.6. The van der Waals surface area contributed by atoms with Crippen molar-refractivity contribution in [3.63, 3.8) is 0 Å². The summed E-state index contributed by atoms with van der Waals surface area (Å²) >= 11 is 1.56. The van der Waals surface area contributed by atoms with Gasteiger partial charge in [-0.1, -0.05) is 31.6 Å². The van der Waals surface area contributed by atoms with Crippen molar-refractivity contribution in [2.75, 3.05) is 5.73 Å². The fourth-order valence-electron chi connectivity index (χ4n) is 7.02. The molecule has 5 rings (SSSR count). The first-order valence-corrected chi connectivity index (χ1v) is 11.1. The molecule has 26 heavy (non-hydrogen) atoms. The van der Waals surface area contributed by atoms with Crippen molar-refractivity contribution in [2.24, 2.45) is 28.6 Å². The van der Waals surface area contributed by atoms with Crippen LogP contribution >= 0.6 is 11.3 Å².